The van der Waals surface area contributed by atoms with Gasteiger partial charge in [0.05, 0.1) is 35.5 Å². The molecule has 0 bridgehead atoms. The second-order valence-electron chi connectivity index (χ2n) is 6.89. The van der Waals surface area contributed by atoms with Crippen LogP contribution in [0.2, 0.25) is 5.02 Å². The van der Waals surface area contributed by atoms with Crippen molar-refractivity contribution in [1.29, 1.82) is 0 Å². The second kappa shape index (κ2) is 9.93. The van der Waals surface area contributed by atoms with E-state index in [0.29, 0.717) is 17.2 Å². The summed E-state index contributed by atoms with van der Waals surface area (Å²) < 4.78 is 38.3. The van der Waals surface area contributed by atoms with Gasteiger partial charge >= 0.3 is 0 Å². The van der Waals surface area contributed by atoms with Crippen LogP contribution in [-0.2, 0) is 14.8 Å². The van der Waals surface area contributed by atoms with E-state index in [0.717, 1.165) is 9.87 Å². The number of sulfonamides is 1. The lowest BCUT2D eigenvalue weighted by molar-refractivity contribution is -0.114. The average molecular weight is 475 g/mol. The van der Waals surface area contributed by atoms with E-state index in [-0.39, 0.29) is 15.6 Å². The van der Waals surface area contributed by atoms with Crippen LogP contribution in [0.15, 0.2) is 71.6 Å². The van der Waals surface area contributed by atoms with E-state index in [2.05, 4.69) is 5.32 Å². The molecule has 3 aromatic carbocycles. The van der Waals surface area contributed by atoms with Crippen molar-refractivity contribution in [2.75, 3.05) is 30.4 Å². The number of amides is 1. The Bertz CT molecular complexity index is 1210. The number of hydrogen-bond acceptors (Lipinski definition) is 5. The number of ether oxygens (including phenoxy) is 2. The van der Waals surface area contributed by atoms with Crippen molar-refractivity contribution in [1.82, 2.24) is 0 Å². The van der Waals surface area contributed by atoms with Crippen LogP contribution in [0.4, 0.5) is 11.4 Å². The molecule has 7 nitrogen and oxygen atoms in total. The minimum atomic E-state index is -4.07. The molecule has 0 spiro atoms. The van der Waals surface area contributed by atoms with Crippen molar-refractivity contribution in [2.45, 2.75) is 11.8 Å². The molecule has 168 valence electrons. The van der Waals surface area contributed by atoms with E-state index in [9.17, 15) is 13.2 Å². The SMILES string of the molecule is COc1ccc(N(CC(=O)Nc2ccccc2OC)S(=O)(=O)c2ccc(C)cc2)cc1Cl. The van der Waals surface area contributed by atoms with Gasteiger partial charge in [0, 0.05) is 0 Å². The molecule has 0 unspecified atom stereocenters. The zero-order chi connectivity index (χ0) is 23.3. The summed E-state index contributed by atoms with van der Waals surface area (Å²) in [7, 11) is -1.12. The van der Waals surface area contributed by atoms with Gasteiger partial charge in [-0.15, -0.1) is 0 Å². The van der Waals surface area contributed by atoms with Crippen LogP contribution >= 0.6 is 11.6 Å². The number of carbonyl (C=O) groups is 1. The third kappa shape index (κ3) is 5.15. The summed E-state index contributed by atoms with van der Waals surface area (Å²) in [5.41, 5.74) is 1.57. The molecule has 0 aromatic heterocycles. The molecule has 3 rings (SSSR count). The van der Waals surface area contributed by atoms with Crippen molar-refractivity contribution < 1.29 is 22.7 Å². The highest BCUT2D eigenvalue weighted by Gasteiger charge is 2.28. The van der Waals surface area contributed by atoms with Gasteiger partial charge < -0.3 is 14.8 Å². The number of rotatable bonds is 8. The largest absolute Gasteiger partial charge is 0.495 e. The van der Waals surface area contributed by atoms with Crippen LogP contribution in [0.25, 0.3) is 0 Å². The number of halogens is 1. The summed E-state index contributed by atoms with van der Waals surface area (Å²) in [6.45, 7) is 1.38. The van der Waals surface area contributed by atoms with Crippen LogP contribution in [0, 0.1) is 6.92 Å². The summed E-state index contributed by atoms with van der Waals surface area (Å²) in [6.07, 6.45) is 0. The van der Waals surface area contributed by atoms with Crippen molar-refractivity contribution in [3.8, 4) is 11.5 Å². The first-order chi connectivity index (χ1) is 15.3. The Morgan fingerprint density at radius 3 is 2.25 bits per heavy atom. The average Bonchev–Trinajstić information content (AvgIpc) is 2.78. The molecule has 0 saturated heterocycles. The molecule has 0 fully saturated rings. The second-order valence-corrected chi connectivity index (χ2v) is 9.16. The van der Waals surface area contributed by atoms with E-state index >= 15 is 0 Å². The molecule has 0 atom stereocenters. The van der Waals surface area contributed by atoms with Crippen LogP contribution in [-0.4, -0.2) is 35.1 Å². The van der Waals surface area contributed by atoms with Crippen LogP contribution in [0.5, 0.6) is 11.5 Å². The van der Waals surface area contributed by atoms with Crippen molar-refractivity contribution in [3.05, 3.63) is 77.3 Å². The molecule has 0 radical (unpaired) electrons. The molecule has 0 aliphatic heterocycles. The molecular formula is C23H23ClN2O5S. The first kappa shape index (κ1) is 23.4. The monoisotopic (exact) mass is 474 g/mol. The van der Waals surface area contributed by atoms with Gasteiger partial charge in [-0.25, -0.2) is 8.42 Å². The summed E-state index contributed by atoms with van der Waals surface area (Å²) >= 11 is 6.23. The highest BCUT2D eigenvalue weighted by Crippen LogP contribution is 2.32. The van der Waals surface area contributed by atoms with E-state index in [1.807, 2.05) is 6.92 Å². The van der Waals surface area contributed by atoms with Gasteiger partial charge in [-0.3, -0.25) is 9.10 Å². The number of carbonyl (C=O) groups excluding carboxylic acids is 1. The normalized spacial score (nSPS) is 11.0. The lowest BCUT2D eigenvalue weighted by Crippen LogP contribution is -2.38. The standard InChI is InChI=1S/C23H23ClN2O5S/c1-16-8-11-18(12-9-16)32(28,29)26(17-10-13-21(30-2)19(24)14-17)15-23(27)25-20-6-4-5-7-22(20)31-3/h4-14H,15H2,1-3H3,(H,25,27). The number of anilines is 2. The maximum atomic E-state index is 13.5. The number of nitrogens with one attached hydrogen (secondary N) is 1. The maximum Gasteiger partial charge on any atom is 0.264 e. The fraction of sp³-hybridized carbons (Fsp3) is 0.174. The van der Waals surface area contributed by atoms with Crippen LogP contribution in [0.1, 0.15) is 5.56 Å². The molecule has 9 heteroatoms. The Morgan fingerprint density at radius 1 is 0.969 bits per heavy atom. The summed E-state index contributed by atoms with van der Waals surface area (Å²) in [5.74, 6) is 0.306. The maximum absolute atomic E-state index is 13.5. The van der Waals surface area contributed by atoms with Gasteiger partial charge in [0.2, 0.25) is 5.91 Å². The van der Waals surface area contributed by atoms with Crippen molar-refractivity contribution >= 4 is 38.9 Å². The van der Waals surface area contributed by atoms with E-state index in [1.165, 1.54) is 38.5 Å². The summed E-state index contributed by atoms with van der Waals surface area (Å²) in [6, 6.07) is 17.8. The van der Waals surface area contributed by atoms with Crippen molar-refractivity contribution in [3.63, 3.8) is 0 Å². The first-order valence-corrected chi connectivity index (χ1v) is 11.4. The van der Waals surface area contributed by atoms with E-state index in [4.69, 9.17) is 21.1 Å². The predicted molar refractivity (Wildman–Crippen MR) is 125 cm³/mol. The topological polar surface area (TPSA) is 84.9 Å². The van der Waals surface area contributed by atoms with E-state index in [1.54, 1.807) is 42.5 Å². The number of para-hydroxylation sites is 2. The molecule has 3 aromatic rings. The van der Waals surface area contributed by atoms with Gasteiger partial charge in [0.15, 0.2) is 0 Å². The number of nitrogens with zero attached hydrogens (tertiary/aromatic N) is 1. The highest BCUT2D eigenvalue weighted by atomic mass is 35.5. The fourth-order valence-corrected chi connectivity index (χ4v) is 4.70. The molecule has 0 aliphatic rings. The predicted octanol–water partition coefficient (Wildman–Crippen LogP) is 4.50. The lowest BCUT2D eigenvalue weighted by atomic mass is 10.2. The smallest absolute Gasteiger partial charge is 0.264 e. The molecule has 0 aliphatic carbocycles. The zero-order valence-electron chi connectivity index (χ0n) is 17.8. The third-order valence-corrected chi connectivity index (χ3v) is 6.78. The van der Waals surface area contributed by atoms with Gasteiger partial charge in [0.1, 0.15) is 18.0 Å². The van der Waals surface area contributed by atoms with E-state index < -0.39 is 22.5 Å². The third-order valence-electron chi connectivity index (χ3n) is 4.70. The molecule has 1 N–H and O–H groups in total. The lowest BCUT2D eigenvalue weighted by Gasteiger charge is -2.25. The van der Waals surface area contributed by atoms with Crippen LogP contribution < -0.4 is 19.1 Å². The number of methoxy groups -OCH3 is 2. The molecule has 1 amide bonds. The Balaban J connectivity index is 1.99. The quantitative estimate of drug-likeness (QED) is 0.519. The van der Waals surface area contributed by atoms with Gasteiger partial charge in [-0.1, -0.05) is 41.4 Å². The highest BCUT2D eigenvalue weighted by molar-refractivity contribution is 7.92. The minimum absolute atomic E-state index is 0.0557. The molecule has 0 heterocycles. The van der Waals surface area contributed by atoms with Gasteiger partial charge in [-0.2, -0.15) is 0 Å². The number of hydrogen-bond donors (Lipinski definition) is 1. The molecule has 0 saturated carbocycles. The summed E-state index contributed by atoms with van der Waals surface area (Å²) in [5, 5.41) is 2.93. The molecule has 32 heavy (non-hydrogen) atoms. The Hall–Kier alpha value is -3.23. The van der Waals surface area contributed by atoms with Crippen LogP contribution in [0.3, 0.4) is 0 Å². The van der Waals surface area contributed by atoms with Crippen molar-refractivity contribution in [2.24, 2.45) is 0 Å². The number of benzene rings is 3. The summed E-state index contributed by atoms with van der Waals surface area (Å²) in [4.78, 5) is 12.9. The van der Waals surface area contributed by atoms with Gasteiger partial charge in [0.25, 0.3) is 10.0 Å². The number of aryl methyl sites for hydroxylation is 1. The molecular weight excluding hydrogens is 452 g/mol. The Labute approximate surface area is 192 Å². The Kier molecular flexibility index (Phi) is 7.27. The minimum Gasteiger partial charge on any atom is -0.495 e. The first-order valence-electron chi connectivity index (χ1n) is 9.62. The zero-order valence-corrected chi connectivity index (χ0v) is 19.4. The fourth-order valence-electron chi connectivity index (χ4n) is 3.03. The van der Waals surface area contributed by atoms with Gasteiger partial charge in [-0.05, 0) is 49.4 Å². The Morgan fingerprint density at radius 2 is 1.62 bits per heavy atom.